The van der Waals surface area contributed by atoms with Crippen molar-refractivity contribution in [1.82, 2.24) is 20.1 Å². The van der Waals surface area contributed by atoms with Crippen molar-refractivity contribution in [2.45, 2.75) is 32.1 Å². The number of hydrogen-bond acceptors (Lipinski definition) is 4. The molecule has 3 aromatic rings. The third-order valence-electron chi connectivity index (χ3n) is 5.45. The second kappa shape index (κ2) is 7.81. The quantitative estimate of drug-likeness (QED) is 0.622. The maximum absolute atomic E-state index is 13.9. The summed E-state index contributed by atoms with van der Waals surface area (Å²) in [6, 6.07) is 8.63. The van der Waals surface area contributed by atoms with Gasteiger partial charge >= 0.3 is 0 Å². The van der Waals surface area contributed by atoms with Crippen molar-refractivity contribution < 1.29 is 9.18 Å². The molecular formula is C22H26FN5O. The number of benzene rings is 1. The van der Waals surface area contributed by atoms with Crippen molar-refractivity contribution in [3.8, 4) is 0 Å². The molecule has 0 aliphatic heterocycles. The summed E-state index contributed by atoms with van der Waals surface area (Å²) in [5.41, 5.74) is 3.75. The first kappa shape index (κ1) is 19.4. The number of aromatic nitrogens is 3. The molecule has 1 aliphatic rings. The van der Waals surface area contributed by atoms with Crippen LogP contribution in [-0.4, -0.2) is 40.8 Å². The zero-order valence-corrected chi connectivity index (χ0v) is 17.1. The summed E-state index contributed by atoms with van der Waals surface area (Å²) >= 11 is 0. The van der Waals surface area contributed by atoms with Gasteiger partial charge in [0.15, 0.2) is 5.65 Å². The molecule has 2 aromatic heterocycles. The van der Waals surface area contributed by atoms with Crippen LogP contribution in [-0.2, 0) is 7.05 Å². The molecule has 29 heavy (non-hydrogen) atoms. The molecule has 0 spiro atoms. The van der Waals surface area contributed by atoms with Gasteiger partial charge in [0, 0.05) is 38.8 Å². The minimum absolute atomic E-state index is 0.107. The van der Waals surface area contributed by atoms with Crippen LogP contribution in [0.4, 0.5) is 10.1 Å². The monoisotopic (exact) mass is 395 g/mol. The molecule has 4 rings (SSSR count). The normalized spacial score (nSPS) is 13.7. The van der Waals surface area contributed by atoms with E-state index in [9.17, 15) is 9.18 Å². The topological polar surface area (TPSA) is 63.1 Å². The van der Waals surface area contributed by atoms with Crippen molar-refractivity contribution in [1.29, 1.82) is 0 Å². The number of fused-ring (bicyclic) bond motifs is 1. The number of nitrogens with one attached hydrogen (secondary N) is 1. The number of anilines is 1. The third-order valence-corrected chi connectivity index (χ3v) is 5.45. The van der Waals surface area contributed by atoms with Gasteiger partial charge in [-0.3, -0.25) is 9.48 Å². The Morgan fingerprint density at radius 2 is 2.10 bits per heavy atom. The highest BCUT2D eigenvalue weighted by atomic mass is 19.1. The van der Waals surface area contributed by atoms with Crippen molar-refractivity contribution in [3.05, 3.63) is 53.1 Å². The summed E-state index contributed by atoms with van der Waals surface area (Å²) in [6.45, 7) is 3.06. The lowest BCUT2D eigenvalue weighted by molar-refractivity contribution is 0.0955. The van der Waals surface area contributed by atoms with Crippen LogP contribution in [0.2, 0.25) is 0 Å². The molecular weight excluding hydrogens is 369 g/mol. The van der Waals surface area contributed by atoms with Crippen molar-refractivity contribution >= 4 is 22.6 Å². The van der Waals surface area contributed by atoms with Gasteiger partial charge in [0.2, 0.25) is 0 Å². The van der Waals surface area contributed by atoms with Crippen LogP contribution in [0.5, 0.6) is 0 Å². The lowest BCUT2D eigenvalue weighted by Crippen LogP contribution is -2.28. The predicted octanol–water partition coefficient (Wildman–Crippen LogP) is 3.55. The van der Waals surface area contributed by atoms with E-state index in [0.29, 0.717) is 36.7 Å². The van der Waals surface area contributed by atoms with Gasteiger partial charge in [-0.05, 0) is 44.4 Å². The van der Waals surface area contributed by atoms with Crippen molar-refractivity contribution in [3.63, 3.8) is 0 Å². The Balaban J connectivity index is 1.43. The van der Waals surface area contributed by atoms with Crippen molar-refractivity contribution in [2.24, 2.45) is 7.05 Å². The smallest absolute Gasteiger partial charge is 0.252 e. The first-order valence-electron chi connectivity index (χ1n) is 10.0. The van der Waals surface area contributed by atoms with Gasteiger partial charge in [-0.15, -0.1) is 0 Å². The fraction of sp³-hybridized carbons (Fsp3) is 0.409. The van der Waals surface area contributed by atoms with E-state index in [0.717, 1.165) is 35.3 Å². The van der Waals surface area contributed by atoms with Crippen LogP contribution in [0.15, 0.2) is 30.3 Å². The van der Waals surface area contributed by atoms with Crippen LogP contribution < -0.4 is 10.2 Å². The number of halogens is 1. The van der Waals surface area contributed by atoms with Gasteiger partial charge in [0.1, 0.15) is 5.82 Å². The van der Waals surface area contributed by atoms with E-state index in [-0.39, 0.29) is 11.7 Å². The molecule has 0 saturated heterocycles. The maximum Gasteiger partial charge on any atom is 0.252 e. The van der Waals surface area contributed by atoms with E-state index in [1.165, 1.54) is 6.07 Å². The first-order valence-corrected chi connectivity index (χ1v) is 10.0. The van der Waals surface area contributed by atoms with Crippen LogP contribution in [0.3, 0.4) is 0 Å². The van der Waals surface area contributed by atoms with Crippen LogP contribution >= 0.6 is 0 Å². The number of pyridine rings is 1. The number of carbonyl (C=O) groups excluding carboxylic acids is 1. The van der Waals surface area contributed by atoms with E-state index in [2.05, 4.69) is 10.4 Å². The Kier molecular flexibility index (Phi) is 5.22. The average molecular weight is 395 g/mol. The summed E-state index contributed by atoms with van der Waals surface area (Å²) in [6.07, 6.45) is 2.96. The lowest BCUT2D eigenvalue weighted by Gasteiger charge is -2.19. The number of amides is 1. The highest BCUT2D eigenvalue weighted by Gasteiger charge is 2.28. The molecule has 1 aliphatic carbocycles. The van der Waals surface area contributed by atoms with Gasteiger partial charge in [-0.1, -0.05) is 12.1 Å². The molecule has 0 bridgehead atoms. The molecule has 0 radical (unpaired) electrons. The van der Waals surface area contributed by atoms with Gasteiger partial charge in [-0.2, -0.15) is 5.10 Å². The number of aryl methyl sites for hydroxylation is 2. The molecule has 1 amide bonds. The van der Waals surface area contributed by atoms with Crippen LogP contribution in [0.25, 0.3) is 11.0 Å². The van der Waals surface area contributed by atoms with Crippen LogP contribution in [0, 0.1) is 12.7 Å². The molecule has 7 heteroatoms. The fourth-order valence-electron chi connectivity index (χ4n) is 3.73. The Morgan fingerprint density at radius 1 is 1.34 bits per heavy atom. The summed E-state index contributed by atoms with van der Waals surface area (Å²) in [5.74, 6) is 0.109. The lowest BCUT2D eigenvalue weighted by atomic mass is 10.1. The van der Waals surface area contributed by atoms with Gasteiger partial charge in [0.25, 0.3) is 5.91 Å². The Hall–Kier alpha value is -2.96. The second-order valence-electron chi connectivity index (χ2n) is 7.76. The van der Waals surface area contributed by atoms with E-state index in [4.69, 9.17) is 4.98 Å². The van der Waals surface area contributed by atoms with E-state index in [1.54, 1.807) is 16.8 Å². The van der Waals surface area contributed by atoms with Crippen LogP contribution in [0.1, 0.15) is 46.9 Å². The van der Waals surface area contributed by atoms with E-state index >= 15 is 0 Å². The number of hydrogen-bond donors (Lipinski definition) is 1. The summed E-state index contributed by atoms with van der Waals surface area (Å²) < 4.78 is 15.6. The molecule has 1 N–H and O–H groups in total. The fourth-order valence-corrected chi connectivity index (χ4v) is 3.73. The third kappa shape index (κ3) is 3.95. The van der Waals surface area contributed by atoms with E-state index in [1.807, 2.05) is 38.1 Å². The van der Waals surface area contributed by atoms with Gasteiger partial charge in [-0.25, -0.2) is 9.37 Å². The molecule has 1 fully saturated rings. The first-order chi connectivity index (χ1) is 14.0. The Morgan fingerprint density at radius 3 is 2.83 bits per heavy atom. The van der Waals surface area contributed by atoms with E-state index < -0.39 is 0 Å². The molecule has 0 unspecified atom stereocenters. The van der Waals surface area contributed by atoms with Crippen molar-refractivity contribution in [2.75, 3.05) is 25.0 Å². The average Bonchev–Trinajstić information content (AvgIpc) is 3.51. The highest BCUT2D eigenvalue weighted by Crippen LogP contribution is 2.40. The maximum atomic E-state index is 13.9. The number of nitrogens with zero attached hydrogens (tertiary/aromatic N) is 4. The minimum Gasteiger partial charge on any atom is -0.372 e. The molecule has 1 aromatic carbocycles. The SMILES string of the molecule is Cc1nn(C)c2nc(C3CC3)cc(C(=O)NCCCN(C)c3ccccc3F)c12. The minimum atomic E-state index is -0.238. The zero-order valence-electron chi connectivity index (χ0n) is 17.1. The van der Waals surface area contributed by atoms with Gasteiger partial charge in [0.05, 0.1) is 22.3 Å². The second-order valence-corrected chi connectivity index (χ2v) is 7.76. The number of rotatable bonds is 7. The Labute approximate surface area is 169 Å². The Bertz CT molecular complexity index is 1060. The molecule has 1 saturated carbocycles. The molecule has 152 valence electrons. The number of para-hydroxylation sites is 1. The zero-order chi connectivity index (χ0) is 20.5. The molecule has 0 atom stereocenters. The standard InChI is InChI=1S/C22H26FN5O/c1-14-20-16(13-18(15-9-10-15)25-21(20)28(3)26-14)22(29)24-11-6-12-27(2)19-8-5-4-7-17(19)23/h4-5,7-8,13,15H,6,9-12H2,1-3H3,(H,24,29). The van der Waals surface area contributed by atoms with Gasteiger partial charge < -0.3 is 10.2 Å². The summed E-state index contributed by atoms with van der Waals surface area (Å²) in [7, 11) is 3.72. The summed E-state index contributed by atoms with van der Waals surface area (Å²) in [5, 5.41) is 8.28. The molecule has 2 heterocycles. The number of carbonyl (C=O) groups is 1. The highest BCUT2D eigenvalue weighted by molar-refractivity contribution is 6.06. The largest absolute Gasteiger partial charge is 0.372 e. The summed E-state index contributed by atoms with van der Waals surface area (Å²) in [4.78, 5) is 19.5. The molecule has 6 nitrogen and oxygen atoms in total. The predicted molar refractivity (Wildman–Crippen MR) is 112 cm³/mol.